The van der Waals surface area contributed by atoms with E-state index in [0.29, 0.717) is 24.6 Å². The lowest BCUT2D eigenvalue weighted by atomic mass is 10.3. The SMILES string of the molecule is NC(=O)CCCNC(=O)N1CSC[C@H]1C(=O)O. The van der Waals surface area contributed by atoms with Gasteiger partial charge in [-0.1, -0.05) is 0 Å². The number of hydrogen-bond acceptors (Lipinski definition) is 4. The minimum Gasteiger partial charge on any atom is -0.480 e. The number of nitrogens with two attached hydrogens (primary N) is 1. The number of thioether (sulfide) groups is 1. The van der Waals surface area contributed by atoms with Crippen LogP contribution in [0.15, 0.2) is 0 Å². The van der Waals surface area contributed by atoms with E-state index in [2.05, 4.69) is 5.32 Å². The van der Waals surface area contributed by atoms with Crippen LogP contribution < -0.4 is 11.1 Å². The van der Waals surface area contributed by atoms with Crippen molar-refractivity contribution >= 4 is 29.7 Å². The summed E-state index contributed by atoms with van der Waals surface area (Å²) in [4.78, 5) is 34.2. The average molecular weight is 261 g/mol. The molecule has 1 aliphatic rings. The average Bonchev–Trinajstić information content (AvgIpc) is 2.72. The normalized spacial score (nSPS) is 19.1. The lowest BCUT2D eigenvalue weighted by molar-refractivity contribution is -0.140. The zero-order valence-electron chi connectivity index (χ0n) is 9.22. The molecule has 0 bridgehead atoms. The van der Waals surface area contributed by atoms with Gasteiger partial charge in [-0.15, -0.1) is 11.8 Å². The second-order valence-electron chi connectivity index (χ2n) is 3.63. The Morgan fingerprint density at radius 3 is 2.76 bits per heavy atom. The maximum Gasteiger partial charge on any atom is 0.327 e. The van der Waals surface area contributed by atoms with E-state index in [9.17, 15) is 14.4 Å². The standard InChI is InChI=1S/C9H15N3O4S/c10-7(13)2-1-3-11-9(16)12-5-17-4-6(12)8(14)15/h6H,1-5H2,(H2,10,13)(H,11,16)(H,14,15)/t6-/m0/s1. The van der Waals surface area contributed by atoms with Crippen LogP contribution in [0.3, 0.4) is 0 Å². The van der Waals surface area contributed by atoms with Crippen molar-refractivity contribution < 1.29 is 19.5 Å². The van der Waals surface area contributed by atoms with Crippen LogP contribution in [0.2, 0.25) is 0 Å². The third-order valence-electron chi connectivity index (χ3n) is 2.30. The fourth-order valence-corrected chi connectivity index (χ4v) is 2.55. The quantitative estimate of drug-likeness (QED) is 0.573. The highest BCUT2D eigenvalue weighted by Gasteiger charge is 2.34. The molecule has 0 unspecified atom stereocenters. The molecular weight excluding hydrogens is 246 g/mol. The van der Waals surface area contributed by atoms with Gasteiger partial charge in [-0.3, -0.25) is 4.79 Å². The summed E-state index contributed by atoms with van der Waals surface area (Å²) < 4.78 is 0. The Labute approximate surface area is 103 Å². The molecule has 0 saturated carbocycles. The van der Waals surface area contributed by atoms with Gasteiger partial charge in [0.2, 0.25) is 5.91 Å². The Balaban J connectivity index is 2.32. The molecule has 7 nitrogen and oxygen atoms in total. The summed E-state index contributed by atoms with van der Waals surface area (Å²) in [6, 6.07) is -1.18. The third-order valence-corrected chi connectivity index (χ3v) is 3.32. The van der Waals surface area contributed by atoms with Crippen LogP contribution in [-0.4, -0.2) is 52.1 Å². The van der Waals surface area contributed by atoms with Gasteiger partial charge >= 0.3 is 12.0 Å². The van der Waals surface area contributed by atoms with E-state index >= 15 is 0 Å². The van der Waals surface area contributed by atoms with Crippen molar-refractivity contribution in [2.75, 3.05) is 18.2 Å². The molecule has 17 heavy (non-hydrogen) atoms. The molecule has 1 fully saturated rings. The lowest BCUT2D eigenvalue weighted by Crippen LogP contribution is -2.47. The number of hydrogen-bond donors (Lipinski definition) is 3. The smallest absolute Gasteiger partial charge is 0.327 e. The van der Waals surface area contributed by atoms with Crippen LogP contribution in [0.4, 0.5) is 4.79 Å². The van der Waals surface area contributed by atoms with Gasteiger partial charge in [0.1, 0.15) is 6.04 Å². The zero-order chi connectivity index (χ0) is 12.8. The van der Waals surface area contributed by atoms with Gasteiger partial charge in [0.15, 0.2) is 0 Å². The van der Waals surface area contributed by atoms with Crippen molar-refractivity contribution in [3.05, 3.63) is 0 Å². The molecule has 1 saturated heterocycles. The van der Waals surface area contributed by atoms with Crippen molar-refractivity contribution in [3.63, 3.8) is 0 Å². The van der Waals surface area contributed by atoms with E-state index in [4.69, 9.17) is 10.8 Å². The molecule has 0 aromatic carbocycles. The van der Waals surface area contributed by atoms with Crippen molar-refractivity contribution in [3.8, 4) is 0 Å². The summed E-state index contributed by atoms with van der Waals surface area (Å²) in [5.41, 5.74) is 4.95. The number of carbonyl (C=O) groups excluding carboxylic acids is 2. The fourth-order valence-electron chi connectivity index (χ4n) is 1.41. The second-order valence-corrected chi connectivity index (χ2v) is 4.63. The van der Waals surface area contributed by atoms with Crippen LogP contribution in [0.25, 0.3) is 0 Å². The number of nitrogens with one attached hydrogen (secondary N) is 1. The predicted octanol–water partition coefficient (Wildman–Crippen LogP) is -0.579. The highest BCUT2D eigenvalue weighted by atomic mass is 32.2. The van der Waals surface area contributed by atoms with E-state index in [1.165, 1.54) is 16.7 Å². The molecule has 1 aliphatic heterocycles. The van der Waals surface area contributed by atoms with Gasteiger partial charge in [0, 0.05) is 18.7 Å². The Kier molecular flexibility index (Phi) is 5.08. The van der Waals surface area contributed by atoms with Gasteiger partial charge in [-0.2, -0.15) is 0 Å². The minimum atomic E-state index is -0.998. The first kappa shape index (κ1) is 13.6. The van der Waals surface area contributed by atoms with Crippen LogP contribution in [0, 0.1) is 0 Å². The van der Waals surface area contributed by atoms with E-state index in [0.717, 1.165) is 0 Å². The number of urea groups is 1. The van der Waals surface area contributed by atoms with Gasteiger partial charge in [0.25, 0.3) is 0 Å². The molecule has 0 aromatic heterocycles. The van der Waals surface area contributed by atoms with E-state index < -0.39 is 23.9 Å². The Hall–Kier alpha value is -1.44. The Morgan fingerprint density at radius 1 is 1.47 bits per heavy atom. The molecule has 8 heteroatoms. The monoisotopic (exact) mass is 261 g/mol. The summed E-state index contributed by atoms with van der Waals surface area (Å²) in [6.07, 6.45) is 0.664. The number of aliphatic carboxylic acids is 1. The number of primary amides is 1. The number of carboxylic acid groups (broad SMARTS) is 1. The topological polar surface area (TPSA) is 113 Å². The number of carbonyl (C=O) groups is 3. The highest BCUT2D eigenvalue weighted by molar-refractivity contribution is 7.99. The molecule has 0 radical (unpaired) electrons. The van der Waals surface area contributed by atoms with Gasteiger partial charge < -0.3 is 21.1 Å². The molecule has 1 atom stereocenters. The Morgan fingerprint density at radius 2 is 2.18 bits per heavy atom. The van der Waals surface area contributed by atoms with E-state index in [1.54, 1.807) is 0 Å². The molecule has 3 amide bonds. The van der Waals surface area contributed by atoms with Crippen molar-refractivity contribution in [2.45, 2.75) is 18.9 Å². The lowest BCUT2D eigenvalue weighted by Gasteiger charge is -2.20. The predicted molar refractivity (Wildman–Crippen MR) is 62.4 cm³/mol. The van der Waals surface area contributed by atoms with E-state index in [-0.39, 0.29) is 6.42 Å². The number of amides is 3. The van der Waals surface area contributed by atoms with Gasteiger partial charge in [-0.25, -0.2) is 9.59 Å². The van der Waals surface area contributed by atoms with Crippen molar-refractivity contribution in [1.82, 2.24) is 10.2 Å². The molecule has 0 aromatic rings. The molecule has 1 heterocycles. The van der Waals surface area contributed by atoms with Gasteiger partial charge in [0.05, 0.1) is 5.88 Å². The first-order valence-corrected chi connectivity index (χ1v) is 6.31. The maximum absolute atomic E-state index is 11.6. The molecule has 0 aliphatic carbocycles. The first-order chi connectivity index (χ1) is 8.02. The summed E-state index contributed by atoms with van der Waals surface area (Å²) in [6.45, 7) is 0.315. The fraction of sp³-hybridized carbons (Fsp3) is 0.667. The number of nitrogens with zero attached hydrogens (tertiary/aromatic N) is 1. The van der Waals surface area contributed by atoms with Crippen molar-refractivity contribution in [2.24, 2.45) is 5.73 Å². The zero-order valence-corrected chi connectivity index (χ0v) is 10.0. The number of carboxylic acids is 1. The maximum atomic E-state index is 11.6. The highest BCUT2D eigenvalue weighted by Crippen LogP contribution is 2.20. The second kappa shape index (κ2) is 6.33. The molecule has 0 spiro atoms. The molecular formula is C9H15N3O4S. The van der Waals surface area contributed by atoms with Gasteiger partial charge in [-0.05, 0) is 6.42 Å². The summed E-state index contributed by atoms with van der Waals surface area (Å²) >= 11 is 1.40. The first-order valence-electron chi connectivity index (χ1n) is 5.15. The van der Waals surface area contributed by atoms with Crippen molar-refractivity contribution in [1.29, 1.82) is 0 Å². The van der Waals surface area contributed by atoms with E-state index in [1.807, 2.05) is 0 Å². The third kappa shape index (κ3) is 4.14. The molecule has 96 valence electrons. The number of rotatable bonds is 5. The summed E-state index contributed by atoms with van der Waals surface area (Å²) in [7, 11) is 0. The molecule has 1 rings (SSSR count). The minimum absolute atomic E-state index is 0.206. The summed E-state index contributed by atoms with van der Waals surface area (Å²) in [5, 5.41) is 11.4. The van der Waals surface area contributed by atoms with Crippen LogP contribution >= 0.6 is 11.8 Å². The van der Waals surface area contributed by atoms with Crippen LogP contribution in [-0.2, 0) is 9.59 Å². The largest absolute Gasteiger partial charge is 0.480 e. The van der Waals surface area contributed by atoms with Crippen LogP contribution in [0.1, 0.15) is 12.8 Å². The Bertz CT molecular complexity index is 323. The summed E-state index contributed by atoms with van der Waals surface area (Å²) in [5.74, 6) is -0.635. The molecule has 4 N–H and O–H groups in total. The van der Waals surface area contributed by atoms with Crippen LogP contribution in [0.5, 0.6) is 0 Å².